The molecular formula is C13H23N3OS. The molecule has 0 aliphatic rings. The number of unbranched alkanes of at least 4 members (excludes halogenated alkanes) is 3. The van der Waals surface area contributed by atoms with Gasteiger partial charge in [0, 0.05) is 6.54 Å². The zero-order valence-corrected chi connectivity index (χ0v) is 12.3. The number of aromatic nitrogens is 2. The zero-order chi connectivity index (χ0) is 13.2. The van der Waals surface area contributed by atoms with Gasteiger partial charge in [0.2, 0.25) is 0 Å². The second-order valence-electron chi connectivity index (χ2n) is 4.17. The summed E-state index contributed by atoms with van der Waals surface area (Å²) in [5.74, 6) is 0.680. The summed E-state index contributed by atoms with van der Waals surface area (Å²) >= 11 is 1.21. The molecule has 0 bridgehead atoms. The smallest absolute Gasteiger partial charge is 0.253 e. The highest BCUT2D eigenvalue weighted by molar-refractivity contribution is 6.99. The second-order valence-corrected chi connectivity index (χ2v) is 4.70. The highest BCUT2D eigenvalue weighted by Gasteiger charge is 2.13. The van der Waals surface area contributed by atoms with E-state index in [9.17, 15) is 0 Å². The highest BCUT2D eigenvalue weighted by Crippen LogP contribution is 2.23. The van der Waals surface area contributed by atoms with Gasteiger partial charge in [0.05, 0.1) is 18.3 Å². The van der Waals surface area contributed by atoms with E-state index in [0.717, 1.165) is 30.8 Å². The van der Waals surface area contributed by atoms with Crippen molar-refractivity contribution in [3.05, 3.63) is 11.8 Å². The molecule has 0 radical (unpaired) electrons. The van der Waals surface area contributed by atoms with E-state index < -0.39 is 0 Å². The first-order valence-electron chi connectivity index (χ1n) is 6.59. The largest absolute Gasteiger partial charge is 0.475 e. The number of ether oxygens (including phenoxy) is 1. The average Bonchev–Trinajstić information content (AvgIpc) is 2.84. The fourth-order valence-electron chi connectivity index (χ4n) is 1.68. The molecule has 102 valence electrons. The number of hydrogen-bond acceptors (Lipinski definition) is 5. The molecule has 0 saturated carbocycles. The SMILES string of the molecule is C/C=C(\CNC)c1nsnc1OCCCCCC. The molecule has 0 spiro atoms. The van der Waals surface area contributed by atoms with Crippen LogP contribution >= 0.6 is 11.7 Å². The third-order valence-electron chi connectivity index (χ3n) is 2.71. The van der Waals surface area contributed by atoms with E-state index in [1.54, 1.807) is 0 Å². The van der Waals surface area contributed by atoms with Crippen LogP contribution in [0.15, 0.2) is 6.08 Å². The third-order valence-corrected chi connectivity index (χ3v) is 3.23. The molecule has 1 aromatic heterocycles. The van der Waals surface area contributed by atoms with Crippen LogP contribution in [-0.4, -0.2) is 28.9 Å². The molecule has 0 amide bonds. The Balaban J connectivity index is 2.49. The number of hydrogen-bond donors (Lipinski definition) is 1. The summed E-state index contributed by atoms with van der Waals surface area (Å²) in [5, 5.41) is 3.13. The predicted octanol–water partition coefficient (Wildman–Crippen LogP) is 3.12. The Bertz CT molecular complexity index is 363. The molecule has 0 aliphatic heterocycles. The van der Waals surface area contributed by atoms with Crippen LogP contribution in [0.2, 0.25) is 0 Å². The first-order valence-corrected chi connectivity index (χ1v) is 7.32. The molecule has 0 aliphatic carbocycles. The third kappa shape index (κ3) is 4.74. The molecule has 1 rings (SSSR count). The number of allylic oxidation sites excluding steroid dienone is 1. The van der Waals surface area contributed by atoms with Crippen LogP contribution in [0.5, 0.6) is 5.88 Å². The first kappa shape index (κ1) is 15.1. The Hall–Kier alpha value is -0.940. The van der Waals surface area contributed by atoms with Gasteiger partial charge in [-0.3, -0.25) is 0 Å². The van der Waals surface area contributed by atoms with Crippen molar-refractivity contribution in [1.29, 1.82) is 0 Å². The maximum absolute atomic E-state index is 5.72. The lowest BCUT2D eigenvalue weighted by Gasteiger charge is -2.07. The van der Waals surface area contributed by atoms with Gasteiger partial charge in [-0.05, 0) is 26.0 Å². The molecule has 0 atom stereocenters. The van der Waals surface area contributed by atoms with Gasteiger partial charge in [0.25, 0.3) is 5.88 Å². The van der Waals surface area contributed by atoms with Crippen molar-refractivity contribution in [2.75, 3.05) is 20.2 Å². The van der Waals surface area contributed by atoms with Gasteiger partial charge in [-0.25, -0.2) is 0 Å². The van der Waals surface area contributed by atoms with E-state index in [4.69, 9.17) is 4.74 Å². The van der Waals surface area contributed by atoms with Crippen LogP contribution in [0, 0.1) is 0 Å². The quantitative estimate of drug-likeness (QED) is 0.700. The van der Waals surface area contributed by atoms with Crippen LogP contribution in [0.3, 0.4) is 0 Å². The minimum absolute atomic E-state index is 0.680. The molecule has 0 fully saturated rings. The van der Waals surface area contributed by atoms with E-state index in [2.05, 4.69) is 27.1 Å². The molecule has 4 nitrogen and oxygen atoms in total. The standard InChI is InChI=1S/C13H23N3OS/c1-4-6-7-8-9-17-13-12(15-18-16-13)11(5-2)10-14-3/h5,14H,4,6-10H2,1-3H3/b11-5+. The summed E-state index contributed by atoms with van der Waals surface area (Å²) in [4.78, 5) is 0. The molecule has 1 aromatic rings. The number of rotatable bonds is 9. The van der Waals surface area contributed by atoms with Crippen LogP contribution in [0.1, 0.15) is 45.2 Å². The van der Waals surface area contributed by atoms with Crippen molar-refractivity contribution in [3.63, 3.8) is 0 Å². The Kier molecular flexibility index (Phi) is 7.60. The molecular weight excluding hydrogens is 246 g/mol. The molecule has 0 saturated heterocycles. The normalized spacial score (nSPS) is 11.8. The van der Waals surface area contributed by atoms with E-state index in [1.165, 1.54) is 31.0 Å². The average molecular weight is 269 g/mol. The molecule has 1 N–H and O–H groups in total. The molecule has 0 unspecified atom stereocenters. The molecule has 18 heavy (non-hydrogen) atoms. The maximum Gasteiger partial charge on any atom is 0.253 e. The van der Waals surface area contributed by atoms with Crippen LogP contribution in [0.4, 0.5) is 0 Å². The van der Waals surface area contributed by atoms with E-state index in [-0.39, 0.29) is 0 Å². The van der Waals surface area contributed by atoms with Crippen molar-refractivity contribution in [3.8, 4) is 5.88 Å². The van der Waals surface area contributed by atoms with Gasteiger partial charge in [-0.1, -0.05) is 32.3 Å². The topological polar surface area (TPSA) is 47.0 Å². The van der Waals surface area contributed by atoms with Crippen molar-refractivity contribution in [2.45, 2.75) is 39.5 Å². The van der Waals surface area contributed by atoms with Crippen molar-refractivity contribution in [2.24, 2.45) is 0 Å². The van der Waals surface area contributed by atoms with Gasteiger partial charge < -0.3 is 10.1 Å². The maximum atomic E-state index is 5.72. The zero-order valence-electron chi connectivity index (χ0n) is 11.5. The lowest BCUT2D eigenvalue weighted by molar-refractivity contribution is 0.295. The summed E-state index contributed by atoms with van der Waals surface area (Å²) < 4.78 is 14.3. The van der Waals surface area contributed by atoms with Gasteiger partial charge in [0.15, 0.2) is 0 Å². The summed E-state index contributed by atoms with van der Waals surface area (Å²) in [7, 11) is 1.93. The Labute approximate surface area is 114 Å². The Morgan fingerprint density at radius 3 is 2.83 bits per heavy atom. The van der Waals surface area contributed by atoms with E-state index >= 15 is 0 Å². The predicted molar refractivity (Wildman–Crippen MR) is 77.1 cm³/mol. The fourth-order valence-corrected chi connectivity index (χ4v) is 2.21. The second kappa shape index (κ2) is 9.05. The van der Waals surface area contributed by atoms with Crippen molar-refractivity contribution < 1.29 is 4.74 Å². The highest BCUT2D eigenvalue weighted by atomic mass is 32.1. The van der Waals surface area contributed by atoms with Gasteiger partial charge in [-0.15, -0.1) is 4.37 Å². The van der Waals surface area contributed by atoms with Crippen molar-refractivity contribution >= 4 is 17.3 Å². The van der Waals surface area contributed by atoms with Crippen LogP contribution < -0.4 is 10.1 Å². The van der Waals surface area contributed by atoms with Gasteiger partial charge in [-0.2, -0.15) is 4.37 Å². The monoisotopic (exact) mass is 269 g/mol. The lowest BCUT2D eigenvalue weighted by atomic mass is 10.2. The van der Waals surface area contributed by atoms with E-state index in [0.29, 0.717) is 5.88 Å². The van der Waals surface area contributed by atoms with Crippen LogP contribution in [0.25, 0.3) is 5.57 Å². The fraction of sp³-hybridized carbons (Fsp3) is 0.692. The Morgan fingerprint density at radius 1 is 1.33 bits per heavy atom. The number of nitrogens with zero attached hydrogens (tertiary/aromatic N) is 2. The summed E-state index contributed by atoms with van der Waals surface area (Å²) in [6.07, 6.45) is 6.87. The minimum Gasteiger partial charge on any atom is -0.475 e. The molecule has 5 heteroatoms. The molecule has 1 heterocycles. The lowest BCUT2D eigenvalue weighted by Crippen LogP contribution is -2.11. The summed E-state index contributed by atoms with van der Waals surface area (Å²) in [6.45, 7) is 5.74. The van der Waals surface area contributed by atoms with Gasteiger partial charge >= 0.3 is 0 Å². The van der Waals surface area contributed by atoms with Crippen molar-refractivity contribution in [1.82, 2.24) is 14.1 Å². The first-order chi connectivity index (χ1) is 8.83. The van der Waals surface area contributed by atoms with E-state index in [1.807, 2.05) is 14.0 Å². The minimum atomic E-state index is 0.680. The van der Waals surface area contributed by atoms with Gasteiger partial charge in [0.1, 0.15) is 5.69 Å². The molecule has 0 aromatic carbocycles. The number of likely N-dealkylation sites (N-methyl/N-ethyl adjacent to an activating group) is 1. The van der Waals surface area contributed by atoms with Crippen LogP contribution in [-0.2, 0) is 0 Å². The number of nitrogens with one attached hydrogen (secondary N) is 1. The summed E-state index contributed by atoms with van der Waals surface area (Å²) in [6, 6.07) is 0. The summed E-state index contributed by atoms with van der Waals surface area (Å²) in [5.41, 5.74) is 2.02. The Morgan fingerprint density at radius 2 is 2.17 bits per heavy atom.